The Kier molecular flexibility index (Phi) is 7.64. The lowest BCUT2D eigenvalue weighted by atomic mass is 10.0. The van der Waals surface area contributed by atoms with E-state index in [2.05, 4.69) is 30.1 Å². The summed E-state index contributed by atoms with van der Waals surface area (Å²) >= 11 is 0. The molecule has 3 N–H and O–H groups in total. The highest BCUT2D eigenvalue weighted by molar-refractivity contribution is 6.07. The average Bonchev–Trinajstić information content (AvgIpc) is 2.67. The van der Waals surface area contributed by atoms with Crippen LogP contribution in [0.25, 0.3) is 0 Å². The van der Waals surface area contributed by atoms with Crippen LogP contribution in [-0.4, -0.2) is 55.0 Å². The molecule has 0 aromatic heterocycles. The first kappa shape index (κ1) is 20.0. The van der Waals surface area contributed by atoms with Crippen molar-refractivity contribution >= 4 is 11.6 Å². The zero-order valence-corrected chi connectivity index (χ0v) is 15.8. The second-order valence-corrected chi connectivity index (χ2v) is 6.43. The predicted octanol–water partition coefficient (Wildman–Crippen LogP) is 1.73. The molecule has 1 fully saturated rings. The van der Waals surface area contributed by atoms with Gasteiger partial charge >= 0.3 is 0 Å². The Morgan fingerprint density at radius 2 is 1.85 bits per heavy atom. The van der Waals surface area contributed by atoms with Gasteiger partial charge in [-0.15, -0.1) is 0 Å². The van der Waals surface area contributed by atoms with Gasteiger partial charge in [0.15, 0.2) is 0 Å². The molecule has 1 saturated heterocycles. The van der Waals surface area contributed by atoms with Gasteiger partial charge in [0.05, 0.1) is 0 Å². The molecule has 26 heavy (non-hydrogen) atoms. The number of piperazine rings is 1. The Hall–Kier alpha value is -2.36. The second kappa shape index (κ2) is 9.95. The fourth-order valence-electron chi connectivity index (χ4n) is 3.20. The van der Waals surface area contributed by atoms with Crippen molar-refractivity contribution in [3.63, 3.8) is 0 Å². The van der Waals surface area contributed by atoms with Crippen LogP contribution in [0.4, 0.5) is 5.69 Å². The van der Waals surface area contributed by atoms with Crippen LogP contribution in [-0.2, 0) is 17.6 Å². The van der Waals surface area contributed by atoms with Crippen molar-refractivity contribution in [1.29, 1.82) is 5.26 Å². The summed E-state index contributed by atoms with van der Waals surface area (Å²) in [6, 6.07) is 8.09. The van der Waals surface area contributed by atoms with Crippen LogP contribution in [0.5, 0.6) is 0 Å². The van der Waals surface area contributed by atoms with E-state index in [0.29, 0.717) is 6.54 Å². The molecule has 1 aromatic carbocycles. The van der Waals surface area contributed by atoms with Crippen molar-refractivity contribution in [1.82, 2.24) is 9.80 Å². The third-order valence-electron chi connectivity index (χ3n) is 4.77. The van der Waals surface area contributed by atoms with Crippen molar-refractivity contribution in [3.8, 4) is 6.07 Å². The summed E-state index contributed by atoms with van der Waals surface area (Å²) in [5.41, 5.74) is 8.76. The Balaban J connectivity index is 2.09. The van der Waals surface area contributed by atoms with Gasteiger partial charge in [-0.3, -0.25) is 9.69 Å². The Morgan fingerprint density at radius 1 is 1.23 bits per heavy atom. The fraction of sp³-hybridized carbons (Fsp3) is 0.500. The lowest BCUT2D eigenvalue weighted by Crippen LogP contribution is -2.45. The Bertz CT molecular complexity index is 662. The number of nitrogens with two attached hydrogens (primary N) is 1. The number of carbonyl (C=O) groups excluding carboxylic acids is 1. The highest BCUT2D eigenvalue weighted by atomic mass is 16.1. The molecule has 0 aliphatic carbocycles. The van der Waals surface area contributed by atoms with E-state index in [9.17, 15) is 10.1 Å². The molecular weight excluding hydrogens is 326 g/mol. The molecule has 0 spiro atoms. The molecular formula is C20H29N5O. The van der Waals surface area contributed by atoms with E-state index in [4.69, 9.17) is 5.73 Å². The molecule has 0 saturated carbocycles. The summed E-state index contributed by atoms with van der Waals surface area (Å²) in [5, 5.41) is 12.4. The lowest BCUT2D eigenvalue weighted by Gasteiger charge is -2.33. The number of amides is 1. The van der Waals surface area contributed by atoms with Crippen LogP contribution < -0.4 is 11.1 Å². The number of anilines is 1. The van der Waals surface area contributed by atoms with Gasteiger partial charge in [-0.05, 0) is 24.0 Å². The van der Waals surface area contributed by atoms with E-state index in [1.807, 2.05) is 23.1 Å². The smallest absolute Gasteiger partial charge is 0.267 e. The third-order valence-corrected chi connectivity index (χ3v) is 4.77. The normalized spacial score (nSPS) is 15.6. The van der Waals surface area contributed by atoms with Crippen molar-refractivity contribution in [2.45, 2.75) is 26.7 Å². The molecule has 140 valence electrons. The molecule has 0 atom stereocenters. The van der Waals surface area contributed by atoms with Crippen molar-refractivity contribution in [3.05, 3.63) is 41.1 Å². The lowest BCUT2D eigenvalue weighted by molar-refractivity contribution is -0.112. The number of aryl methyl sites for hydroxylation is 2. The number of carbonyl (C=O) groups is 1. The molecule has 6 heteroatoms. The zero-order chi connectivity index (χ0) is 18.9. The van der Waals surface area contributed by atoms with Gasteiger partial charge in [0, 0.05) is 51.2 Å². The Morgan fingerprint density at radius 3 is 2.35 bits per heavy atom. The SMILES string of the molecule is CCc1cccc(CC)c1NC(=O)/C(C#N)=C\N1CCN(CCN)CC1. The number of para-hydroxylation sites is 1. The number of benzene rings is 1. The first-order valence-corrected chi connectivity index (χ1v) is 9.33. The largest absolute Gasteiger partial charge is 0.374 e. The monoisotopic (exact) mass is 355 g/mol. The topological polar surface area (TPSA) is 85.4 Å². The van der Waals surface area contributed by atoms with E-state index < -0.39 is 0 Å². The third kappa shape index (κ3) is 5.07. The first-order valence-electron chi connectivity index (χ1n) is 9.33. The number of nitrogens with one attached hydrogen (secondary N) is 1. The minimum absolute atomic E-state index is 0.144. The maximum absolute atomic E-state index is 12.7. The molecule has 0 radical (unpaired) electrons. The number of rotatable bonds is 7. The van der Waals surface area contributed by atoms with Gasteiger partial charge in [-0.1, -0.05) is 32.0 Å². The first-order chi connectivity index (χ1) is 12.6. The number of nitrogens with zero attached hydrogens (tertiary/aromatic N) is 3. The molecule has 1 heterocycles. The van der Waals surface area contributed by atoms with Crippen LogP contribution in [0, 0.1) is 11.3 Å². The number of nitriles is 1. The van der Waals surface area contributed by atoms with Crippen LogP contribution in [0.2, 0.25) is 0 Å². The quantitative estimate of drug-likeness (QED) is 0.575. The molecule has 6 nitrogen and oxygen atoms in total. The standard InChI is InChI=1S/C20H29N5O/c1-3-16-6-5-7-17(4-2)19(16)23-20(26)18(14-22)15-25-12-10-24(9-8-21)11-13-25/h5-7,15H,3-4,8-13,21H2,1-2H3,(H,23,26)/b18-15-. The van der Waals surface area contributed by atoms with Crippen molar-refractivity contribution in [2.75, 3.05) is 44.6 Å². The van der Waals surface area contributed by atoms with Gasteiger partial charge < -0.3 is 16.0 Å². The molecule has 1 aliphatic rings. The second-order valence-electron chi connectivity index (χ2n) is 6.43. The summed E-state index contributed by atoms with van der Waals surface area (Å²) in [5.74, 6) is -0.340. The highest BCUT2D eigenvalue weighted by Gasteiger charge is 2.18. The molecule has 1 aromatic rings. The van der Waals surface area contributed by atoms with Gasteiger partial charge in [0.25, 0.3) is 5.91 Å². The van der Waals surface area contributed by atoms with Crippen LogP contribution >= 0.6 is 0 Å². The summed E-state index contributed by atoms with van der Waals surface area (Å²) < 4.78 is 0. The zero-order valence-electron chi connectivity index (χ0n) is 15.8. The molecule has 0 bridgehead atoms. The summed E-state index contributed by atoms with van der Waals surface area (Å²) in [4.78, 5) is 17.0. The minimum Gasteiger partial charge on any atom is -0.374 e. The predicted molar refractivity (Wildman–Crippen MR) is 105 cm³/mol. The minimum atomic E-state index is -0.340. The van der Waals surface area contributed by atoms with E-state index >= 15 is 0 Å². The molecule has 0 unspecified atom stereocenters. The van der Waals surface area contributed by atoms with Gasteiger partial charge in [-0.2, -0.15) is 5.26 Å². The van der Waals surface area contributed by atoms with Gasteiger partial charge in [0.2, 0.25) is 0 Å². The Labute approximate surface area is 156 Å². The van der Waals surface area contributed by atoms with Crippen molar-refractivity contribution < 1.29 is 4.79 Å². The summed E-state index contributed by atoms with van der Waals surface area (Å²) in [7, 11) is 0. The highest BCUT2D eigenvalue weighted by Crippen LogP contribution is 2.23. The summed E-state index contributed by atoms with van der Waals surface area (Å²) in [6.07, 6.45) is 3.35. The number of hydrogen-bond acceptors (Lipinski definition) is 5. The van der Waals surface area contributed by atoms with Gasteiger partial charge in [0.1, 0.15) is 11.6 Å². The maximum Gasteiger partial charge on any atom is 0.267 e. The van der Waals surface area contributed by atoms with Crippen LogP contribution in [0.1, 0.15) is 25.0 Å². The molecule has 1 amide bonds. The fourth-order valence-corrected chi connectivity index (χ4v) is 3.20. The molecule has 2 rings (SSSR count). The van der Waals surface area contributed by atoms with E-state index in [-0.39, 0.29) is 11.5 Å². The molecule has 1 aliphatic heterocycles. The van der Waals surface area contributed by atoms with E-state index in [1.165, 1.54) is 0 Å². The summed E-state index contributed by atoms with van der Waals surface area (Å²) in [6.45, 7) is 9.04. The number of hydrogen-bond donors (Lipinski definition) is 2. The van der Waals surface area contributed by atoms with Crippen LogP contribution in [0.15, 0.2) is 30.0 Å². The van der Waals surface area contributed by atoms with Crippen molar-refractivity contribution in [2.24, 2.45) is 5.73 Å². The average molecular weight is 355 g/mol. The van der Waals surface area contributed by atoms with Gasteiger partial charge in [-0.25, -0.2) is 0 Å². The van der Waals surface area contributed by atoms with E-state index in [0.717, 1.165) is 62.4 Å². The maximum atomic E-state index is 12.7. The van der Waals surface area contributed by atoms with E-state index in [1.54, 1.807) is 6.20 Å². The van der Waals surface area contributed by atoms with Crippen LogP contribution in [0.3, 0.4) is 0 Å².